The highest BCUT2D eigenvalue weighted by molar-refractivity contribution is 8.77. The summed E-state index contributed by atoms with van der Waals surface area (Å²) in [6, 6.07) is 0. The number of hydrogen-bond donors (Lipinski definition) is 4. The third kappa shape index (κ3) is 32.9. The van der Waals surface area contributed by atoms with E-state index in [4.69, 9.17) is 20.4 Å². The first kappa shape index (κ1) is 29.5. The monoisotopic (exact) mass is 476 g/mol. The van der Waals surface area contributed by atoms with Crippen molar-refractivity contribution < 1.29 is 39.6 Å². The molecule has 0 aromatic rings. The second kappa shape index (κ2) is 22.6. The van der Waals surface area contributed by atoms with Crippen molar-refractivity contribution in [3.8, 4) is 0 Å². The van der Waals surface area contributed by atoms with E-state index < -0.39 is 23.9 Å². The van der Waals surface area contributed by atoms with E-state index in [1.54, 1.807) is 43.2 Å². The van der Waals surface area contributed by atoms with Gasteiger partial charge < -0.3 is 20.4 Å². The Bertz CT molecular complexity index is 368. The van der Waals surface area contributed by atoms with E-state index in [-0.39, 0.29) is 25.7 Å². The third-order valence-electron chi connectivity index (χ3n) is 2.64. The van der Waals surface area contributed by atoms with E-state index in [0.717, 1.165) is 23.0 Å². The molecule has 0 aliphatic carbocycles. The van der Waals surface area contributed by atoms with Gasteiger partial charge in [-0.1, -0.05) is 43.2 Å². The van der Waals surface area contributed by atoms with Crippen LogP contribution < -0.4 is 0 Å². The topological polar surface area (TPSA) is 149 Å². The molecule has 0 atom stereocenters. The van der Waals surface area contributed by atoms with Gasteiger partial charge in [-0.05, 0) is 25.7 Å². The molecule has 0 fully saturated rings. The molecular weight excluding hydrogens is 448 g/mol. The number of carbonyl (C=O) groups is 4. The van der Waals surface area contributed by atoms with Crippen LogP contribution in [0.4, 0.5) is 0 Å². The van der Waals surface area contributed by atoms with Crippen molar-refractivity contribution >= 4 is 67.1 Å². The summed E-state index contributed by atoms with van der Waals surface area (Å²) in [5.74, 6) is 0.188. The molecule has 8 nitrogen and oxygen atoms in total. The van der Waals surface area contributed by atoms with Crippen LogP contribution in [-0.2, 0) is 19.2 Å². The predicted molar refractivity (Wildman–Crippen MR) is 117 cm³/mol. The van der Waals surface area contributed by atoms with Gasteiger partial charge in [0.05, 0.1) is 0 Å². The minimum Gasteiger partial charge on any atom is -0.481 e. The molecule has 0 bridgehead atoms. The fraction of sp³-hybridized carbons (Fsp3) is 0.750. The summed E-state index contributed by atoms with van der Waals surface area (Å²) in [6.45, 7) is 0. The van der Waals surface area contributed by atoms with Gasteiger partial charge in [-0.15, -0.1) is 0 Å². The van der Waals surface area contributed by atoms with Gasteiger partial charge in [0.2, 0.25) is 0 Å². The lowest BCUT2D eigenvalue weighted by molar-refractivity contribution is -0.138. The van der Waals surface area contributed by atoms with E-state index >= 15 is 0 Å². The van der Waals surface area contributed by atoms with Crippen LogP contribution in [0, 0.1) is 0 Å². The first-order valence-electron chi connectivity index (χ1n) is 8.61. The van der Waals surface area contributed by atoms with Crippen molar-refractivity contribution in [1.29, 1.82) is 0 Å². The summed E-state index contributed by atoms with van der Waals surface area (Å²) >= 11 is 0. The maximum atomic E-state index is 10.1. The number of aliphatic carboxylic acids is 4. The molecule has 0 saturated heterocycles. The van der Waals surface area contributed by atoms with Crippen molar-refractivity contribution in [2.24, 2.45) is 0 Å². The molecule has 0 rings (SSSR count). The van der Waals surface area contributed by atoms with E-state index in [1.165, 1.54) is 0 Å². The molecule has 0 saturated carbocycles. The molecule has 12 heteroatoms. The van der Waals surface area contributed by atoms with Crippen LogP contribution in [0.3, 0.4) is 0 Å². The maximum absolute atomic E-state index is 10.1. The van der Waals surface area contributed by atoms with Crippen LogP contribution in [-0.4, -0.2) is 67.3 Å². The van der Waals surface area contributed by atoms with Gasteiger partial charge in [0.15, 0.2) is 0 Å². The Morgan fingerprint density at radius 2 is 0.607 bits per heavy atom. The average Bonchev–Trinajstić information content (AvgIpc) is 2.59. The standard InChI is InChI=1S/2C8H14O4S2/c2*9-7(10)3-1-5-13-14-6-2-4-8(11)12/h2*1-6H2,(H,9,10)(H,11,12). The summed E-state index contributed by atoms with van der Waals surface area (Å²) in [7, 11) is 6.43. The molecule has 0 aliphatic rings. The molecule has 164 valence electrons. The van der Waals surface area contributed by atoms with Gasteiger partial charge in [0.1, 0.15) is 0 Å². The second-order valence-electron chi connectivity index (χ2n) is 5.28. The zero-order chi connectivity index (χ0) is 21.6. The summed E-state index contributed by atoms with van der Waals surface area (Å²) in [5.41, 5.74) is 0. The Balaban J connectivity index is 0. The van der Waals surface area contributed by atoms with Crippen LogP contribution in [0.1, 0.15) is 51.4 Å². The predicted octanol–water partition coefficient (Wildman–Crippen LogP) is 4.19. The second-order valence-corrected chi connectivity index (χ2v) is 10.7. The summed E-state index contributed by atoms with van der Waals surface area (Å²) < 4.78 is 0. The van der Waals surface area contributed by atoms with E-state index in [0.29, 0.717) is 25.7 Å². The lowest BCUT2D eigenvalue weighted by Gasteiger charge is -1.98. The smallest absolute Gasteiger partial charge is 0.303 e. The van der Waals surface area contributed by atoms with Gasteiger partial charge in [-0.3, -0.25) is 19.2 Å². The van der Waals surface area contributed by atoms with E-state index in [1.807, 2.05) is 0 Å². The van der Waals surface area contributed by atoms with Gasteiger partial charge >= 0.3 is 23.9 Å². The van der Waals surface area contributed by atoms with Crippen molar-refractivity contribution in [2.45, 2.75) is 51.4 Å². The highest BCUT2D eigenvalue weighted by Crippen LogP contribution is 2.24. The Kier molecular flexibility index (Phi) is 23.8. The average molecular weight is 477 g/mol. The van der Waals surface area contributed by atoms with Crippen molar-refractivity contribution in [3.63, 3.8) is 0 Å². The molecule has 4 N–H and O–H groups in total. The highest BCUT2D eigenvalue weighted by Gasteiger charge is 2.00. The normalized spacial score (nSPS) is 10.0. The molecule has 0 radical (unpaired) electrons. The Hall–Kier alpha value is -0.720. The largest absolute Gasteiger partial charge is 0.481 e. The molecule has 0 heterocycles. The van der Waals surface area contributed by atoms with Crippen LogP contribution in [0.2, 0.25) is 0 Å². The third-order valence-corrected chi connectivity index (χ3v) is 7.79. The minimum atomic E-state index is -0.763. The minimum absolute atomic E-state index is 0.211. The molecular formula is C16H28O8S4. The lowest BCUT2D eigenvalue weighted by Crippen LogP contribution is -1.95. The molecule has 0 amide bonds. The molecule has 0 aromatic heterocycles. The fourth-order valence-corrected chi connectivity index (χ4v) is 5.71. The Labute approximate surface area is 180 Å². The van der Waals surface area contributed by atoms with E-state index in [2.05, 4.69) is 0 Å². The number of hydrogen-bond acceptors (Lipinski definition) is 8. The Morgan fingerprint density at radius 1 is 0.429 bits per heavy atom. The number of rotatable bonds is 18. The van der Waals surface area contributed by atoms with Crippen molar-refractivity contribution in [2.75, 3.05) is 23.0 Å². The van der Waals surface area contributed by atoms with Gasteiger partial charge in [-0.25, -0.2) is 0 Å². The van der Waals surface area contributed by atoms with Crippen molar-refractivity contribution in [3.05, 3.63) is 0 Å². The van der Waals surface area contributed by atoms with Gasteiger partial charge in [0.25, 0.3) is 0 Å². The Morgan fingerprint density at radius 3 is 0.750 bits per heavy atom. The number of carboxylic acid groups (broad SMARTS) is 4. The van der Waals surface area contributed by atoms with Crippen LogP contribution >= 0.6 is 43.2 Å². The summed E-state index contributed by atoms with van der Waals surface area (Å²) in [6.07, 6.45) is 3.53. The van der Waals surface area contributed by atoms with Crippen molar-refractivity contribution in [1.82, 2.24) is 0 Å². The molecule has 0 aliphatic heterocycles. The first-order chi connectivity index (χ1) is 13.3. The van der Waals surface area contributed by atoms with Crippen LogP contribution in [0.15, 0.2) is 0 Å². The summed E-state index contributed by atoms with van der Waals surface area (Å²) in [5, 5.41) is 33.3. The van der Waals surface area contributed by atoms with Gasteiger partial charge in [0, 0.05) is 48.7 Å². The zero-order valence-corrected chi connectivity index (χ0v) is 18.8. The van der Waals surface area contributed by atoms with E-state index in [9.17, 15) is 19.2 Å². The van der Waals surface area contributed by atoms with Crippen LogP contribution in [0.5, 0.6) is 0 Å². The first-order valence-corrected chi connectivity index (χ1v) is 13.6. The zero-order valence-electron chi connectivity index (χ0n) is 15.5. The molecule has 28 heavy (non-hydrogen) atoms. The van der Waals surface area contributed by atoms with Gasteiger partial charge in [-0.2, -0.15) is 0 Å². The lowest BCUT2D eigenvalue weighted by atomic mass is 10.3. The quantitative estimate of drug-likeness (QED) is 0.166. The maximum Gasteiger partial charge on any atom is 0.303 e. The molecule has 0 unspecified atom stereocenters. The fourth-order valence-electron chi connectivity index (χ4n) is 1.36. The highest BCUT2D eigenvalue weighted by atomic mass is 33.1. The van der Waals surface area contributed by atoms with Crippen LogP contribution in [0.25, 0.3) is 0 Å². The SMILES string of the molecule is O=C(O)CCCSSCCCC(=O)O.O=C(O)CCCSSCCCC(=O)O. The number of carboxylic acids is 4. The molecule has 0 aromatic carbocycles. The molecule has 0 spiro atoms. The summed E-state index contributed by atoms with van der Waals surface area (Å²) in [4.78, 5) is 40.5.